The monoisotopic (exact) mass is 553 g/mol. The quantitative estimate of drug-likeness (QED) is 0.377. The van der Waals surface area contributed by atoms with Crippen molar-refractivity contribution in [3.8, 4) is 5.75 Å². The lowest BCUT2D eigenvalue weighted by Gasteiger charge is -2.38. The van der Waals surface area contributed by atoms with Crippen molar-refractivity contribution in [2.45, 2.75) is 70.2 Å². The molecule has 1 aromatic rings. The third kappa shape index (κ3) is 4.63. The predicted molar refractivity (Wildman–Crippen MR) is 153 cm³/mol. The van der Waals surface area contributed by atoms with Crippen LogP contribution in [0, 0.1) is 11.8 Å². The Morgan fingerprint density at radius 1 is 1.15 bits per heavy atom. The van der Waals surface area contributed by atoms with Crippen LogP contribution < -0.4 is 9.64 Å². The molecule has 0 aliphatic carbocycles. The number of aliphatic hydroxyl groups is 1. The minimum absolute atomic E-state index is 0.00777. The number of likely N-dealkylation sites (tertiary alicyclic amines) is 1. The summed E-state index contributed by atoms with van der Waals surface area (Å²) in [6, 6.07) is 6.22. The zero-order valence-corrected chi connectivity index (χ0v) is 24.2. The predicted octanol–water partition coefficient (Wildman–Crippen LogP) is 3.17. The largest absolute Gasteiger partial charge is 0.494 e. The summed E-state index contributed by atoms with van der Waals surface area (Å²) in [6.45, 7) is 16.2. The molecule has 9 nitrogen and oxygen atoms in total. The van der Waals surface area contributed by atoms with Crippen molar-refractivity contribution in [1.82, 2.24) is 9.80 Å². The molecule has 3 heterocycles. The van der Waals surface area contributed by atoms with Gasteiger partial charge < -0.3 is 29.3 Å². The van der Waals surface area contributed by atoms with Crippen molar-refractivity contribution >= 4 is 23.4 Å². The molecule has 0 saturated carbocycles. The van der Waals surface area contributed by atoms with E-state index in [1.807, 2.05) is 52.0 Å². The fourth-order valence-electron chi connectivity index (χ4n) is 7.08. The van der Waals surface area contributed by atoms with Gasteiger partial charge in [0.15, 0.2) is 0 Å². The zero-order valence-electron chi connectivity index (χ0n) is 24.2. The molecule has 3 aliphatic rings. The summed E-state index contributed by atoms with van der Waals surface area (Å²) < 4.78 is 12.4. The molecule has 1 N–H and O–H groups in total. The van der Waals surface area contributed by atoms with Crippen LogP contribution in [0.5, 0.6) is 5.75 Å². The Kier molecular flexibility index (Phi) is 8.75. The molecule has 4 rings (SSSR count). The number of carbonyl (C=O) groups is 3. The first kappa shape index (κ1) is 29.8. The molecule has 9 heteroatoms. The molecule has 40 heavy (non-hydrogen) atoms. The van der Waals surface area contributed by atoms with E-state index < -0.39 is 29.1 Å². The van der Waals surface area contributed by atoms with Gasteiger partial charge in [-0.15, -0.1) is 13.2 Å². The molecule has 3 fully saturated rings. The lowest BCUT2D eigenvalue weighted by Crippen LogP contribution is -2.57. The lowest BCUT2D eigenvalue weighted by atomic mass is 9.64. The van der Waals surface area contributed by atoms with E-state index in [2.05, 4.69) is 13.2 Å². The Hall–Kier alpha value is -3.17. The molecule has 3 aliphatic heterocycles. The summed E-state index contributed by atoms with van der Waals surface area (Å²) in [7, 11) is 0. The maximum absolute atomic E-state index is 14.5. The first-order valence-corrected chi connectivity index (χ1v) is 14.3. The number of hydrogen-bond acceptors (Lipinski definition) is 6. The standard InChI is InChI=1S/C31H43N3O6/c1-7-17-32(21(5)6)29(38)26-31-16-15-30(9-3,40-31)24(25(31)28(37)34(26)19-20-35)27(36)33(18-8-2)22-11-13-23(14-12-22)39-10-4/h7-8,11-14,21,24-26,35H,1-2,9-10,15-20H2,3-6H3/t24-,25+,26?,30+,31?/m1/s1. The van der Waals surface area contributed by atoms with Crippen LogP contribution in [0.1, 0.15) is 47.0 Å². The van der Waals surface area contributed by atoms with E-state index in [-0.39, 0.29) is 43.5 Å². The van der Waals surface area contributed by atoms with Gasteiger partial charge in [-0.3, -0.25) is 14.4 Å². The lowest BCUT2D eigenvalue weighted by molar-refractivity contribution is -0.154. The second kappa shape index (κ2) is 11.7. The average Bonchev–Trinajstić information content (AvgIpc) is 3.54. The molecule has 3 saturated heterocycles. The molecule has 0 aromatic heterocycles. The number of amides is 3. The fraction of sp³-hybridized carbons (Fsp3) is 0.581. The minimum Gasteiger partial charge on any atom is -0.494 e. The van der Waals surface area contributed by atoms with Crippen molar-refractivity contribution < 1.29 is 29.0 Å². The number of ether oxygens (including phenoxy) is 2. The van der Waals surface area contributed by atoms with Crippen molar-refractivity contribution in [3.63, 3.8) is 0 Å². The number of fused-ring (bicyclic) bond motifs is 1. The summed E-state index contributed by atoms with van der Waals surface area (Å²) in [5.74, 6) is -1.69. The Morgan fingerprint density at radius 3 is 2.38 bits per heavy atom. The van der Waals surface area contributed by atoms with Crippen LogP contribution in [0.15, 0.2) is 49.6 Å². The topological polar surface area (TPSA) is 99.6 Å². The molecule has 2 unspecified atom stereocenters. The number of β-amino-alcohol motifs (C(OH)–C–C–N with tert-alkyl or cyclic N) is 1. The Morgan fingerprint density at radius 2 is 1.82 bits per heavy atom. The van der Waals surface area contributed by atoms with Gasteiger partial charge in [-0.2, -0.15) is 0 Å². The highest BCUT2D eigenvalue weighted by atomic mass is 16.5. The fourth-order valence-corrected chi connectivity index (χ4v) is 7.08. The number of anilines is 1. The summed E-state index contributed by atoms with van der Waals surface area (Å²) in [5, 5.41) is 9.89. The van der Waals surface area contributed by atoms with Gasteiger partial charge in [0.2, 0.25) is 17.7 Å². The summed E-state index contributed by atoms with van der Waals surface area (Å²) in [5.41, 5.74) is -1.35. The van der Waals surface area contributed by atoms with E-state index in [1.165, 1.54) is 4.90 Å². The third-order valence-corrected chi connectivity index (χ3v) is 8.79. The van der Waals surface area contributed by atoms with Crippen molar-refractivity contribution in [3.05, 3.63) is 49.6 Å². The SMILES string of the molecule is C=CCN(C(=O)[C@H]1[C@H]2C(=O)N(CCO)C(C(=O)N(CC=C)C(C)C)C23CC[C@]1(CC)O3)c1ccc(OCC)cc1. The van der Waals surface area contributed by atoms with E-state index in [0.717, 1.165) is 0 Å². The molecule has 2 bridgehead atoms. The molecule has 218 valence electrons. The highest BCUT2D eigenvalue weighted by molar-refractivity contribution is 6.03. The van der Waals surface area contributed by atoms with Crippen molar-refractivity contribution in [2.24, 2.45) is 11.8 Å². The van der Waals surface area contributed by atoms with E-state index in [4.69, 9.17) is 9.47 Å². The second-order valence-corrected chi connectivity index (χ2v) is 11.1. The molecular formula is C31H43N3O6. The van der Waals surface area contributed by atoms with Crippen LogP contribution in [-0.2, 0) is 19.1 Å². The van der Waals surface area contributed by atoms with Gasteiger partial charge in [0, 0.05) is 31.4 Å². The minimum atomic E-state index is -1.15. The van der Waals surface area contributed by atoms with Gasteiger partial charge in [0.25, 0.3) is 0 Å². The number of nitrogens with zero attached hydrogens (tertiary/aromatic N) is 3. The summed E-state index contributed by atoms with van der Waals surface area (Å²) >= 11 is 0. The molecular weight excluding hydrogens is 510 g/mol. The van der Waals surface area contributed by atoms with E-state index >= 15 is 0 Å². The number of rotatable bonds is 13. The summed E-state index contributed by atoms with van der Waals surface area (Å²) in [4.78, 5) is 47.6. The normalized spacial score (nSPS) is 28.5. The Labute approximate surface area is 237 Å². The second-order valence-electron chi connectivity index (χ2n) is 11.1. The van der Waals surface area contributed by atoms with Crippen LogP contribution in [0.3, 0.4) is 0 Å². The van der Waals surface area contributed by atoms with Crippen LogP contribution >= 0.6 is 0 Å². The zero-order chi connectivity index (χ0) is 29.2. The molecule has 1 aromatic carbocycles. The van der Waals surface area contributed by atoms with Gasteiger partial charge in [-0.05, 0) is 64.3 Å². The maximum atomic E-state index is 14.5. The van der Waals surface area contributed by atoms with Gasteiger partial charge in [-0.1, -0.05) is 19.1 Å². The smallest absolute Gasteiger partial charge is 0.248 e. The van der Waals surface area contributed by atoms with Crippen molar-refractivity contribution in [2.75, 3.05) is 37.7 Å². The number of benzene rings is 1. The number of aliphatic hydroxyl groups excluding tert-OH is 1. The molecule has 3 amide bonds. The Bertz CT molecular complexity index is 1140. The first-order valence-electron chi connectivity index (χ1n) is 14.3. The Balaban J connectivity index is 1.79. The van der Waals surface area contributed by atoms with Crippen molar-refractivity contribution in [1.29, 1.82) is 0 Å². The first-order chi connectivity index (χ1) is 19.2. The van der Waals surface area contributed by atoms with Gasteiger partial charge in [-0.25, -0.2) is 0 Å². The highest BCUT2D eigenvalue weighted by Crippen LogP contribution is 2.64. The van der Waals surface area contributed by atoms with Gasteiger partial charge >= 0.3 is 0 Å². The van der Waals surface area contributed by atoms with E-state index in [0.29, 0.717) is 43.9 Å². The average molecular weight is 554 g/mol. The van der Waals surface area contributed by atoms with E-state index in [9.17, 15) is 19.5 Å². The third-order valence-electron chi connectivity index (χ3n) is 8.79. The molecule has 5 atom stereocenters. The molecule has 0 radical (unpaired) electrons. The van der Waals surface area contributed by atoms with Gasteiger partial charge in [0.05, 0.1) is 30.7 Å². The van der Waals surface area contributed by atoms with Gasteiger partial charge in [0.1, 0.15) is 17.4 Å². The van der Waals surface area contributed by atoms with Crippen LogP contribution in [-0.4, -0.2) is 88.8 Å². The van der Waals surface area contributed by atoms with Crippen LogP contribution in [0.4, 0.5) is 5.69 Å². The number of carbonyl (C=O) groups excluding carboxylic acids is 3. The van der Waals surface area contributed by atoms with Crippen LogP contribution in [0.2, 0.25) is 0 Å². The van der Waals surface area contributed by atoms with E-state index in [1.54, 1.807) is 22.0 Å². The maximum Gasteiger partial charge on any atom is 0.248 e. The van der Waals surface area contributed by atoms with Crippen LogP contribution in [0.25, 0.3) is 0 Å². The summed E-state index contributed by atoms with van der Waals surface area (Å²) in [6.07, 6.45) is 4.91. The highest BCUT2D eigenvalue weighted by Gasteiger charge is 2.79. The number of hydrogen-bond donors (Lipinski definition) is 1. The molecule has 1 spiro atoms.